The van der Waals surface area contributed by atoms with Crippen molar-refractivity contribution >= 4 is 15.8 Å². The molecule has 2 N–H and O–H groups in total. The van der Waals surface area contributed by atoms with Gasteiger partial charge in [-0.1, -0.05) is 18.2 Å². The number of ether oxygens (including phenoxy) is 1. The molecule has 0 saturated carbocycles. The van der Waals surface area contributed by atoms with Crippen LogP contribution in [0.3, 0.4) is 0 Å². The Kier molecular flexibility index (Phi) is 5.74. The van der Waals surface area contributed by atoms with Crippen molar-refractivity contribution in [2.45, 2.75) is 38.3 Å². The Morgan fingerprint density at radius 1 is 1.38 bits per heavy atom. The van der Waals surface area contributed by atoms with Crippen molar-refractivity contribution in [1.82, 2.24) is 10.6 Å². The van der Waals surface area contributed by atoms with Gasteiger partial charge in [0.05, 0.1) is 11.8 Å². The van der Waals surface area contributed by atoms with Crippen LogP contribution in [0.1, 0.15) is 38.3 Å². The van der Waals surface area contributed by atoms with E-state index in [9.17, 15) is 8.42 Å². The van der Waals surface area contributed by atoms with E-state index in [-0.39, 0.29) is 17.4 Å². The molecule has 1 heterocycles. The first-order valence-electron chi connectivity index (χ1n) is 8.13. The average Bonchev–Trinajstić information content (AvgIpc) is 2.48. The van der Waals surface area contributed by atoms with E-state index >= 15 is 0 Å². The van der Waals surface area contributed by atoms with Crippen molar-refractivity contribution in [3.8, 4) is 5.75 Å². The zero-order valence-electron chi connectivity index (χ0n) is 14.8. The largest absolute Gasteiger partial charge is 0.487 e. The van der Waals surface area contributed by atoms with Crippen LogP contribution in [-0.4, -0.2) is 45.6 Å². The zero-order valence-corrected chi connectivity index (χ0v) is 15.6. The fourth-order valence-electron chi connectivity index (χ4n) is 2.83. The zero-order chi connectivity index (χ0) is 17.8. The Labute approximate surface area is 144 Å². The smallest absolute Gasteiger partial charge is 0.191 e. The van der Waals surface area contributed by atoms with Gasteiger partial charge in [0.1, 0.15) is 21.2 Å². The monoisotopic (exact) mass is 353 g/mol. The van der Waals surface area contributed by atoms with Crippen LogP contribution < -0.4 is 15.4 Å². The highest BCUT2D eigenvalue weighted by Crippen LogP contribution is 2.39. The van der Waals surface area contributed by atoms with Gasteiger partial charge in [-0.15, -0.1) is 0 Å². The molecule has 0 spiro atoms. The Morgan fingerprint density at radius 3 is 2.75 bits per heavy atom. The molecule has 0 radical (unpaired) electrons. The van der Waals surface area contributed by atoms with Gasteiger partial charge in [-0.2, -0.15) is 0 Å². The molecular formula is C17H27N3O3S. The first kappa shape index (κ1) is 18.6. The summed E-state index contributed by atoms with van der Waals surface area (Å²) in [6.07, 6.45) is 2.62. The second-order valence-electron chi connectivity index (χ2n) is 6.78. The summed E-state index contributed by atoms with van der Waals surface area (Å²) >= 11 is 0. The van der Waals surface area contributed by atoms with Gasteiger partial charge < -0.3 is 15.4 Å². The van der Waals surface area contributed by atoms with E-state index in [4.69, 9.17) is 4.74 Å². The van der Waals surface area contributed by atoms with Crippen molar-refractivity contribution in [2.75, 3.05) is 25.6 Å². The lowest BCUT2D eigenvalue weighted by Crippen LogP contribution is -2.45. The number of rotatable bonds is 5. The summed E-state index contributed by atoms with van der Waals surface area (Å²) in [4.78, 5) is 4.24. The molecule has 0 aliphatic carbocycles. The summed E-state index contributed by atoms with van der Waals surface area (Å²) in [6, 6.07) is 8.09. The predicted molar refractivity (Wildman–Crippen MR) is 97.3 cm³/mol. The maximum atomic E-state index is 11.2. The van der Waals surface area contributed by atoms with Gasteiger partial charge in [0.15, 0.2) is 5.96 Å². The summed E-state index contributed by atoms with van der Waals surface area (Å²) in [6.45, 7) is 4.70. The van der Waals surface area contributed by atoms with E-state index in [1.54, 1.807) is 7.05 Å². The van der Waals surface area contributed by atoms with Crippen LogP contribution in [0.15, 0.2) is 29.3 Å². The second-order valence-corrected chi connectivity index (χ2v) is 9.04. The van der Waals surface area contributed by atoms with E-state index in [2.05, 4.69) is 35.5 Å². The van der Waals surface area contributed by atoms with E-state index in [0.29, 0.717) is 18.9 Å². The minimum atomic E-state index is -2.93. The molecule has 6 nitrogen and oxygen atoms in total. The van der Waals surface area contributed by atoms with Crippen LogP contribution in [0.4, 0.5) is 0 Å². The molecule has 1 atom stereocenters. The standard InChI is InChI=1S/C17H27N3O3S/c1-17(2)12-14(13-8-5-6-9-15(13)23-17)20-16(18-3)19-10-7-11-24(4,21)22/h5-6,8-9,14H,7,10-12H2,1-4H3,(H2,18,19,20). The Bertz CT molecular complexity index is 699. The lowest BCUT2D eigenvalue weighted by molar-refractivity contribution is 0.0694. The van der Waals surface area contributed by atoms with Crippen molar-refractivity contribution in [3.05, 3.63) is 29.8 Å². The number of benzene rings is 1. The maximum absolute atomic E-state index is 11.2. The van der Waals surface area contributed by atoms with Gasteiger partial charge in [0.2, 0.25) is 0 Å². The second kappa shape index (κ2) is 7.42. The molecule has 0 amide bonds. The molecule has 1 aliphatic rings. The quantitative estimate of drug-likeness (QED) is 0.480. The number of para-hydroxylation sites is 1. The molecule has 0 bridgehead atoms. The average molecular weight is 353 g/mol. The Morgan fingerprint density at radius 2 is 2.08 bits per heavy atom. The van der Waals surface area contributed by atoms with E-state index < -0.39 is 9.84 Å². The SMILES string of the molecule is CN=C(NCCCS(C)(=O)=O)NC1CC(C)(C)Oc2ccccc21. The van der Waals surface area contributed by atoms with Crippen molar-refractivity contribution in [3.63, 3.8) is 0 Å². The van der Waals surface area contributed by atoms with Crippen molar-refractivity contribution < 1.29 is 13.2 Å². The Hall–Kier alpha value is -1.76. The summed E-state index contributed by atoms with van der Waals surface area (Å²) in [5.41, 5.74) is 0.845. The summed E-state index contributed by atoms with van der Waals surface area (Å²) in [5.74, 6) is 1.73. The molecular weight excluding hydrogens is 326 g/mol. The third kappa shape index (κ3) is 5.40. The molecule has 1 aliphatic heterocycles. The van der Waals surface area contributed by atoms with Crippen molar-refractivity contribution in [1.29, 1.82) is 0 Å². The van der Waals surface area contributed by atoms with Gasteiger partial charge in [-0.3, -0.25) is 4.99 Å². The summed E-state index contributed by atoms with van der Waals surface area (Å²) in [7, 11) is -1.22. The molecule has 0 saturated heterocycles. The van der Waals surface area contributed by atoms with Gasteiger partial charge in [0.25, 0.3) is 0 Å². The lowest BCUT2D eigenvalue weighted by atomic mass is 9.90. The van der Waals surface area contributed by atoms with Gasteiger partial charge in [0, 0.05) is 31.8 Å². The lowest BCUT2D eigenvalue weighted by Gasteiger charge is -2.38. The fraction of sp³-hybridized carbons (Fsp3) is 0.588. The van der Waals surface area contributed by atoms with Gasteiger partial charge in [-0.25, -0.2) is 8.42 Å². The fourth-order valence-corrected chi connectivity index (χ4v) is 3.50. The van der Waals surface area contributed by atoms with Crippen LogP contribution in [0.25, 0.3) is 0 Å². The number of hydrogen-bond donors (Lipinski definition) is 2. The minimum Gasteiger partial charge on any atom is -0.487 e. The molecule has 1 unspecified atom stereocenters. The predicted octanol–water partition coefficient (Wildman–Crippen LogP) is 1.89. The van der Waals surface area contributed by atoms with Crippen LogP contribution in [-0.2, 0) is 9.84 Å². The summed E-state index contributed by atoms with van der Waals surface area (Å²) < 4.78 is 28.4. The highest BCUT2D eigenvalue weighted by Gasteiger charge is 2.33. The summed E-state index contributed by atoms with van der Waals surface area (Å²) in [5, 5.41) is 6.61. The molecule has 0 fully saturated rings. The van der Waals surface area contributed by atoms with Crippen molar-refractivity contribution in [2.24, 2.45) is 4.99 Å². The third-order valence-corrected chi connectivity index (χ3v) is 4.93. The van der Waals surface area contributed by atoms with Crippen LogP contribution in [0.2, 0.25) is 0 Å². The highest BCUT2D eigenvalue weighted by molar-refractivity contribution is 7.90. The number of sulfone groups is 1. The highest BCUT2D eigenvalue weighted by atomic mass is 32.2. The third-order valence-electron chi connectivity index (χ3n) is 3.90. The normalized spacial score (nSPS) is 20.0. The maximum Gasteiger partial charge on any atom is 0.191 e. The van der Waals surface area contributed by atoms with E-state index in [0.717, 1.165) is 17.7 Å². The van der Waals surface area contributed by atoms with Gasteiger partial charge in [-0.05, 0) is 26.3 Å². The molecule has 0 aromatic heterocycles. The molecule has 1 aromatic carbocycles. The topological polar surface area (TPSA) is 79.8 Å². The van der Waals surface area contributed by atoms with Crippen LogP contribution in [0, 0.1) is 0 Å². The van der Waals surface area contributed by atoms with E-state index in [1.165, 1.54) is 6.26 Å². The number of aliphatic imine (C=N–C) groups is 1. The molecule has 7 heteroatoms. The van der Waals surface area contributed by atoms with Crippen LogP contribution >= 0.6 is 0 Å². The first-order valence-corrected chi connectivity index (χ1v) is 10.2. The number of guanidine groups is 1. The number of nitrogens with one attached hydrogen (secondary N) is 2. The van der Waals surface area contributed by atoms with Gasteiger partial charge >= 0.3 is 0 Å². The number of hydrogen-bond acceptors (Lipinski definition) is 4. The molecule has 134 valence electrons. The van der Waals surface area contributed by atoms with Crippen LogP contribution in [0.5, 0.6) is 5.75 Å². The minimum absolute atomic E-state index is 0.0889. The Balaban J connectivity index is 2.00. The molecule has 2 rings (SSSR count). The molecule has 1 aromatic rings. The van der Waals surface area contributed by atoms with E-state index in [1.807, 2.05) is 18.2 Å². The molecule has 24 heavy (non-hydrogen) atoms. The first-order chi connectivity index (χ1) is 11.2. The number of nitrogens with zero attached hydrogens (tertiary/aromatic N) is 1. The number of fused-ring (bicyclic) bond motifs is 1.